The van der Waals surface area contributed by atoms with Crippen LogP contribution in [0, 0.1) is 0 Å². The minimum Gasteiger partial charge on any atom is -0.748 e. The van der Waals surface area contributed by atoms with Gasteiger partial charge < -0.3 is 42.0 Å². The fourth-order valence-electron chi connectivity index (χ4n) is 7.96. The van der Waals surface area contributed by atoms with Crippen LogP contribution in [0.15, 0.2) is 75.9 Å². The molecule has 0 spiro atoms. The lowest BCUT2D eigenvalue weighted by atomic mass is 9.77. The minimum atomic E-state index is -4.91. The Morgan fingerprint density at radius 2 is 1.51 bits per heavy atom. The molecule has 0 N–H and O–H groups in total. The number of ether oxygens (including phenoxy) is 3. The molecule has 368 valence electrons. The van der Waals surface area contributed by atoms with Gasteiger partial charge in [-0.25, -0.2) is 34.6 Å². The van der Waals surface area contributed by atoms with Crippen LogP contribution in [-0.4, -0.2) is 133 Å². The molecule has 1 saturated heterocycles. The molecule has 5 rings (SSSR count). The molecule has 0 saturated carbocycles. The van der Waals surface area contributed by atoms with Gasteiger partial charge in [-0.15, -0.1) is 5.06 Å². The molecule has 1 aromatic rings. The predicted octanol–water partition coefficient (Wildman–Crippen LogP) is 2.84. The van der Waals surface area contributed by atoms with Gasteiger partial charge in [-0.2, -0.15) is 0 Å². The fourth-order valence-corrected chi connectivity index (χ4v) is 9.44. The number of hydrogen-bond acceptors (Lipinski definition) is 18. The molecule has 23 heteroatoms. The molecule has 20 nitrogen and oxygen atoms in total. The molecule has 1 aliphatic carbocycles. The molecule has 0 aromatic heterocycles. The fraction of sp³-hybridized carbons (Fsp3) is 0.500. The summed E-state index contributed by atoms with van der Waals surface area (Å²) in [4.78, 5) is 42.6. The van der Waals surface area contributed by atoms with E-state index in [9.17, 15) is 53.3 Å². The van der Waals surface area contributed by atoms with E-state index in [1.165, 1.54) is 24.5 Å². The predicted molar refractivity (Wildman–Crippen MR) is 239 cm³/mol. The molecule has 3 aliphatic heterocycles. The summed E-state index contributed by atoms with van der Waals surface area (Å²) in [5, 5.41) is 1.18. The van der Waals surface area contributed by atoms with Crippen LogP contribution in [-0.2, 0) is 69.2 Å². The number of carbonyl (C=O) groups excluding carboxylic acids is 3. The van der Waals surface area contributed by atoms with Crippen molar-refractivity contribution in [3.05, 3.63) is 83.1 Å². The van der Waals surface area contributed by atoms with Gasteiger partial charge in [0.05, 0.1) is 63.9 Å². The van der Waals surface area contributed by atoms with Gasteiger partial charge in [-0.1, -0.05) is 18.6 Å². The molecule has 67 heavy (non-hydrogen) atoms. The zero-order chi connectivity index (χ0) is 48.8. The summed E-state index contributed by atoms with van der Waals surface area (Å²) in [6.45, 7) is 4.55. The number of carbonyl (C=O) groups is 3. The maximum Gasteiger partial charge on any atom is 0.333 e. The highest BCUT2D eigenvalue weighted by Gasteiger charge is 2.43. The van der Waals surface area contributed by atoms with Crippen LogP contribution in [0.1, 0.15) is 75.8 Å². The van der Waals surface area contributed by atoms with Crippen molar-refractivity contribution in [3.8, 4) is 11.3 Å². The van der Waals surface area contributed by atoms with Crippen molar-refractivity contribution in [2.24, 2.45) is 0 Å². The summed E-state index contributed by atoms with van der Waals surface area (Å²) in [5.74, 6) is -2.65. The van der Waals surface area contributed by atoms with E-state index >= 15 is 0 Å². The van der Waals surface area contributed by atoms with Crippen molar-refractivity contribution >= 4 is 59.9 Å². The van der Waals surface area contributed by atoms with Crippen LogP contribution in [0.4, 0.5) is 5.69 Å². The van der Waals surface area contributed by atoms with Crippen molar-refractivity contribution < 1.29 is 76.8 Å². The highest BCUT2D eigenvalue weighted by Crippen LogP contribution is 2.51. The van der Waals surface area contributed by atoms with Crippen LogP contribution < -0.4 is 14.8 Å². The Morgan fingerprint density at radius 3 is 2.19 bits per heavy atom. The number of allylic oxidation sites excluding steroid dienone is 3. The number of nitrogens with zero attached hydrogens (tertiary/aromatic N) is 3. The minimum absolute atomic E-state index is 0.0327. The zero-order valence-electron chi connectivity index (χ0n) is 37.3. The smallest absolute Gasteiger partial charge is 0.333 e. The van der Waals surface area contributed by atoms with Crippen LogP contribution in [0.3, 0.4) is 0 Å². The Bertz CT molecular complexity index is 2660. The van der Waals surface area contributed by atoms with Gasteiger partial charge >= 0.3 is 5.97 Å². The second kappa shape index (κ2) is 23.9. The second-order valence-corrected chi connectivity index (χ2v) is 20.6. The largest absolute Gasteiger partial charge is 0.748 e. The zero-order valence-corrected chi connectivity index (χ0v) is 39.7. The Hall–Kier alpha value is -4.85. The molecule has 4 aliphatic rings. The van der Waals surface area contributed by atoms with Gasteiger partial charge in [0.25, 0.3) is 11.8 Å². The number of hydroxylamine groups is 2. The summed E-state index contributed by atoms with van der Waals surface area (Å²) in [7, 11) is -12.4. The average molecular weight is 994 g/mol. The standard InChI is InChI=1S/C44H57N3O17S3/c1-44(19-7-29-65(51,52)53)37-32-35(67(57,58)59)13-15-38(37)46(21-5-3-4-11-43(50)64-47-41(48)16-17-42(47)49)40(44)10-6-9-33-18-23-63-39-31-34(12-14-36(33)39)45(20-8-30-66(54,55)56)22-24-61-27-28-62-26-25-60-2/h6,9-10,12-15,18,23,31-32H,3-5,7-8,11,16-17,19-22,24-30H2,1-2H3,(H2-,51,52,53,54,55,56,57,58,59)/p-2. The summed E-state index contributed by atoms with van der Waals surface area (Å²) >= 11 is 0. The monoisotopic (exact) mass is 993 g/mol. The third kappa shape index (κ3) is 15.6. The Balaban J connectivity index is 1.43. The quantitative estimate of drug-likeness (QED) is 0.0459. The SMILES string of the molecule is COCCOCCOCC[N+](CCCS(=O)(=O)[O-])=c1ccc2c(/C=C/C=C3/N(CCCCCC(=O)ON4C(=O)CCC4=O)c4ccc(S(=O)(=O)[O-])cc4C3(C)CCCS(=O)(=O)[O-])ccoc-2c1. The molecule has 1 unspecified atom stereocenters. The lowest BCUT2D eigenvalue weighted by Gasteiger charge is -2.31. The summed E-state index contributed by atoms with van der Waals surface area (Å²) in [5.41, 5.74) is 1.92. The molecule has 0 radical (unpaired) electrons. The van der Waals surface area contributed by atoms with Gasteiger partial charge in [0.1, 0.15) is 29.0 Å². The van der Waals surface area contributed by atoms with Crippen LogP contribution >= 0.6 is 0 Å². The number of methoxy groups -OCH3 is 1. The summed E-state index contributed by atoms with van der Waals surface area (Å²) in [6, 6.07) is 11.2. The number of hydrogen-bond donors (Lipinski definition) is 0. The molecular formula is C44H55N3O17S3-2. The molecule has 3 heterocycles. The number of anilines is 1. The van der Waals surface area contributed by atoms with E-state index < -0.39 is 70.0 Å². The van der Waals surface area contributed by atoms with Gasteiger partial charge in [-0.05, 0) is 80.1 Å². The number of amides is 2. The molecule has 0 bridgehead atoms. The third-order valence-electron chi connectivity index (χ3n) is 11.3. The van der Waals surface area contributed by atoms with Gasteiger partial charge in [0.15, 0.2) is 6.54 Å². The number of imide groups is 1. The van der Waals surface area contributed by atoms with E-state index in [0.717, 1.165) is 5.56 Å². The van der Waals surface area contributed by atoms with Gasteiger partial charge in [0, 0.05) is 79.3 Å². The number of benzene rings is 2. The van der Waals surface area contributed by atoms with E-state index in [1.807, 2.05) is 27.7 Å². The first kappa shape index (κ1) is 53.1. The van der Waals surface area contributed by atoms with Crippen molar-refractivity contribution in [1.82, 2.24) is 9.64 Å². The van der Waals surface area contributed by atoms with Crippen LogP contribution in [0.25, 0.3) is 17.4 Å². The van der Waals surface area contributed by atoms with Crippen molar-refractivity contribution in [3.63, 3.8) is 0 Å². The molecule has 2 amide bonds. The van der Waals surface area contributed by atoms with E-state index in [2.05, 4.69) is 0 Å². The van der Waals surface area contributed by atoms with Crippen molar-refractivity contribution in [1.29, 1.82) is 0 Å². The first-order valence-electron chi connectivity index (χ1n) is 21.6. The normalized spacial score (nSPS) is 17.9. The van der Waals surface area contributed by atoms with E-state index in [4.69, 9.17) is 23.5 Å². The summed E-state index contributed by atoms with van der Waals surface area (Å²) in [6.07, 6.45) is 8.10. The number of fused-ring (bicyclic) bond motifs is 2. The second-order valence-electron chi connectivity index (χ2n) is 16.1. The van der Waals surface area contributed by atoms with Gasteiger partial charge in [0.2, 0.25) is 5.36 Å². The lowest BCUT2D eigenvalue weighted by Crippen LogP contribution is -2.35. The first-order chi connectivity index (χ1) is 31.7. The first-order valence-corrected chi connectivity index (χ1v) is 26.2. The molecular weight excluding hydrogens is 939 g/mol. The summed E-state index contributed by atoms with van der Waals surface area (Å²) < 4.78 is 130. The maximum absolute atomic E-state index is 12.4. The van der Waals surface area contributed by atoms with E-state index in [1.54, 1.807) is 38.3 Å². The number of unbranched alkanes of at least 4 members (excludes halogenated alkanes) is 2. The third-order valence-corrected chi connectivity index (χ3v) is 13.7. The van der Waals surface area contributed by atoms with E-state index in [-0.39, 0.29) is 51.7 Å². The van der Waals surface area contributed by atoms with Crippen molar-refractivity contribution in [2.75, 3.05) is 76.2 Å². The van der Waals surface area contributed by atoms with Gasteiger partial charge in [-0.3, -0.25) is 9.59 Å². The Kier molecular flexibility index (Phi) is 19.0. The number of rotatable bonds is 27. The lowest BCUT2D eigenvalue weighted by molar-refractivity contribution is -0.197. The maximum atomic E-state index is 12.4. The Labute approximate surface area is 390 Å². The molecule has 1 atom stereocenters. The van der Waals surface area contributed by atoms with E-state index in [0.29, 0.717) is 97.5 Å². The average Bonchev–Trinajstić information content (AvgIpc) is 3.69. The molecule has 1 fully saturated rings. The van der Waals surface area contributed by atoms with Crippen LogP contribution in [0.5, 0.6) is 0 Å². The highest BCUT2D eigenvalue weighted by atomic mass is 32.2. The van der Waals surface area contributed by atoms with Crippen molar-refractivity contribution in [2.45, 2.75) is 75.0 Å². The Morgan fingerprint density at radius 1 is 0.821 bits per heavy atom. The molecule has 1 aromatic carbocycles. The topological polar surface area (TPSA) is 282 Å². The highest BCUT2D eigenvalue weighted by molar-refractivity contribution is 7.86. The van der Waals surface area contributed by atoms with Crippen LogP contribution in [0.2, 0.25) is 0 Å².